The molecule has 10 nitrogen and oxygen atoms in total. The number of hydrogen-bond acceptors (Lipinski definition) is 7. The van der Waals surface area contributed by atoms with Crippen LogP contribution in [0.25, 0.3) is 17.0 Å². The van der Waals surface area contributed by atoms with Crippen LogP contribution in [0.3, 0.4) is 0 Å². The van der Waals surface area contributed by atoms with Crippen LogP contribution in [0.4, 0.5) is 16.1 Å². The second-order valence-corrected chi connectivity index (χ2v) is 8.05. The van der Waals surface area contributed by atoms with E-state index in [9.17, 15) is 14.0 Å². The summed E-state index contributed by atoms with van der Waals surface area (Å²) >= 11 is 0. The van der Waals surface area contributed by atoms with Crippen LogP contribution in [0.2, 0.25) is 0 Å². The summed E-state index contributed by atoms with van der Waals surface area (Å²) < 4.78 is 21.8. The molecule has 0 spiro atoms. The van der Waals surface area contributed by atoms with Gasteiger partial charge in [0.15, 0.2) is 0 Å². The van der Waals surface area contributed by atoms with Gasteiger partial charge in [0.25, 0.3) is 5.91 Å². The van der Waals surface area contributed by atoms with Gasteiger partial charge in [0.2, 0.25) is 11.7 Å². The SMILES string of the molecule is CC(=O)N1CCN(c2nc(-c3cc(F)c(C)c(NC(=O)c4cnc5ccccn45)c3)no2)CC1. The number of rotatable bonds is 4. The fourth-order valence-corrected chi connectivity index (χ4v) is 3.90. The minimum absolute atomic E-state index is 0.0273. The van der Waals surface area contributed by atoms with Crippen molar-refractivity contribution in [3.8, 4) is 11.4 Å². The van der Waals surface area contributed by atoms with Crippen molar-refractivity contribution in [2.45, 2.75) is 13.8 Å². The predicted molar refractivity (Wildman–Crippen MR) is 122 cm³/mol. The Balaban J connectivity index is 1.38. The molecule has 0 bridgehead atoms. The van der Waals surface area contributed by atoms with Gasteiger partial charge in [-0.3, -0.25) is 14.0 Å². The number of imidazole rings is 1. The molecule has 0 atom stereocenters. The number of aromatic nitrogens is 4. The van der Waals surface area contributed by atoms with E-state index < -0.39 is 11.7 Å². The van der Waals surface area contributed by atoms with E-state index in [1.807, 2.05) is 11.0 Å². The quantitative estimate of drug-likeness (QED) is 0.496. The van der Waals surface area contributed by atoms with Crippen LogP contribution in [0.1, 0.15) is 23.0 Å². The molecule has 4 heterocycles. The zero-order valence-corrected chi connectivity index (χ0v) is 18.7. The summed E-state index contributed by atoms with van der Waals surface area (Å²) in [7, 11) is 0. The third kappa shape index (κ3) is 3.96. The van der Waals surface area contributed by atoms with E-state index in [4.69, 9.17) is 4.52 Å². The molecule has 1 fully saturated rings. The maximum Gasteiger partial charge on any atom is 0.324 e. The smallest absolute Gasteiger partial charge is 0.324 e. The molecule has 0 radical (unpaired) electrons. The number of piperazine rings is 1. The average Bonchev–Trinajstić information content (AvgIpc) is 3.50. The van der Waals surface area contributed by atoms with Crippen LogP contribution < -0.4 is 10.2 Å². The zero-order chi connectivity index (χ0) is 23.8. The minimum Gasteiger partial charge on any atom is -0.339 e. The van der Waals surface area contributed by atoms with Crippen molar-refractivity contribution < 1.29 is 18.5 Å². The molecule has 1 aliphatic rings. The van der Waals surface area contributed by atoms with Gasteiger partial charge in [0.05, 0.1) is 6.20 Å². The molecule has 34 heavy (non-hydrogen) atoms. The van der Waals surface area contributed by atoms with Gasteiger partial charge in [-0.2, -0.15) is 4.98 Å². The van der Waals surface area contributed by atoms with Gasteiger partial charge in [0, 0.05) is 56.1 Å². The van der Waals surface area contributed by atoms with Crippen molar-refractivity contribution in [3.05, 3.63) is 59.8 Å². The van der Waals surface area contributed by atoms with Crippen molar-refractivity contribution in [2.75, 3.05) is 36.4 Å². The molecule has 11 heteroatoms. The standard InChI is InChI=1S/C23H22FN7O3/c1-14-17(24)11-16(21-27-23(34-28-21)30-9-7-29(8-10-30)15(2)32)12-18(14)26-22(33)19-13-25-20-5-3-4-6-31(19)20/h3-6,11-13H,7-10H2,1-2H3,(H,26,33). The Morgan fingerprint density at radius 2 is 1.94 bits per heavy atom. The van der Waals surface area contributed by atoms with Crippen LogP contribution in [0.15, 0.2) is 47.2 Å². The third-order valence-electron chi connectivity index (χ3n) is 5.91. The summed E-state index contributed by atoms with van der Waals surface area (Å²) in [5.74, 6) is -0.699. The number of amides is 2. The molecule has 174 valence electrons. The summed E-state index contributed by atoms with van der Waals surface area (Å²) in [6, 6.07) is 8.63. The summed E-state index contributed by atoms with van der Waals surface area (Å²) in [6.07, 6.45) is 3.20. The number of hydrogen-bond donors (Lipinski definition) is 1. The molecular weight excluding hydrogens is 441 g/mol. The van der Waals surface area contributed by atoms with Crippen LogP contribution in [0, 0.1) is 12.7 Å². The van der Waals surface area contributed by atoms with Crippen molar-refractivity contribution in [1.29, 1.82) is 0 Å². The van der Waals surface area contributed by atoms with Crippen LogP contribution in [-0.4, -0.2) is 62.4 Å². The van der Waals surface area contributed by atoms with Crippen LogP contribution in [-0.2, 0) is 4.79 Å². The molecule has 1 saturated heterocycles. The number of pyridine rings is 1. The summed E-state index contributed by atoms with van der Waals surface area (Å²) in [6.45, 7) is 5.36. The molecule has 5 rings (SSSR count). The first-order valence-electron chi connectivity index (χ1n) is 10.8. The number of halogens is 1. The lowest BCUT2D eigenvalue weighted by molar-refractivity contribution is -0.129. The van der Waals surface area contributed by atoms with Gasteiger partial charge in [-0.05, 0) is 31.2 Å². The second kappa shape index (κ2) is 8.58. The monoisotopic (exact) mass is 463 g/mol. The number of nitrogens with one attached hydrogen (secondary N) is 1. The van der Waals surface area contributed by atoms with E-state index >= 15 is 0 Å². The Morgan fingerprint density at radius 1 is 1.15 bits per heavy atom. The summed E-state index contributed by atoms with van der Waals surface area (Å²) in [4.78, 5) is 36.7. The number of carbonyl (C=O) groups is 2. The van der Waals surface area contributed by atoms with E-state index in [1.54, 1.807) is 40.6 Å². The molecule has 0 aliphatic carbocycles. The van der Waals surface area contributed by atoms with Gasteiger partial charge in [-0.15, -0.1) is 0 Å². The number of fused-ring (bicyclic) bond motifs is 1. The lowest BCUT2D eigenvalue weighted by Crippen LogP contribution is -2.48. The lowest BCUT2D eigenvalue weighted by atomic mass is 10.1. The molecule has 0 unspecified atom stereocenters. The van der Waals surface area contributed by atoms with E-state index in [0.29, 0.717) is 54.8 Å². The van der Waals surface area contributed by atoms with Gasteiger partial charge in [-0.1, -0.05) is 11.2 Å². The molecule has 0 saturated carbocycles. The first-order valence-corrected chi connectivity index (χ1v) is 10.8. The molecule has 4 aromatic rings. The molecule has 3 aromatic heterocycles. The Kier molecular flexibility index (Phi) is 5.44. The fourth-order valence-electron chi connectivity index (χ4n) is 3.90. The average molecular weight is 463 g/mol. The third-order valence-corrected chi connectivity index (χ3v) is 5.91. The first kappa shape index (κ1) is 21.6. The largest absolute Gasteiger partial charge is 0.339 e. The molecule has 2 amide bonds. The molecule has 1 aromatic carbocycles. The maximum absolute atomic E-state index is 14.7. The highest BCUT2D eigenvalue weighted by molar-refractivity contribution is 6.04. The van der Waals surface area contributed by atoms with E-state index in [1.165, 1.54) is 19.2 Å². The number of nitrogens with zero attached hydrogens (tertiary/aromatic N) is 6. The van der Waals surface area contributed by atoms with Crippen LogP contribution in [0.5, 0.6) is 0 Å². The maximum atomic E-state index is 14.7. The van der Waals surface area contributed by atoms with Crippen molar-refractivity contribution in [3.63, 3.8) is 0 Å². The minimum atomic E-state index is -0.507. The number of anilines is 2. The van der Waals surface area contributed by atoms with Gasteiger partial charge in [0.1, 0.15) is 17.2 Å². The normalized spacial score (nSPS) is 14.0. The van der Waals surface area contributed by atoms with Crippen molar-refractivity contribution >= 4 is 29.2 Å². The first-order chi connectivity index (χ1) is 16.4. The van der Waals surface area contributed by atoms with Crippen molar-refractivity contribution in [2.24, 2.45) is 0 Å². The Hall–Kier alpha value is -4.28. The summed E-state index contributed by atoms with van der Waals surface area (Å²) in [5.41, 5.74) is 1.91. The number of benzene rings is 1. The highest BCUT2D eigenvalue weighted by atomic mass is 19.1. The Labute approximate surface area is 194 Å². The predicted octanol–water partition coefficient (Wildman–Crippen LogP) is 2.75. The number of carbonyl (C=O) groups excluding carboxylic acids is 2. The highest BCUT2D eigenvalue weighted by Gasteiger charge is 2.24. The van der Waals surface area contributed by atoms with Crippen LogP contribution >= 0.6 is 0 Å². The molecular formula is C23H22FN7O3. The van der Waals surface area contributed by atoms with E-state index in [2.05, 4.69) is 20.4 Å². The van der Waals surface area contributed by atoms with Gasteiger partial charge < -0.3 is 19.6 Å². The molecule has 1 aliphatic heterocycles. The molecule has 1 N–H and O–H groups in total. The lowest BCUT2D eigenvalue weighted by Gasteiger charge is -2.32. The van der Waals surface area contributed by atoms with Crippen molar-refractivity contribution in [1.82, 2.24) is 24.4 Å². The highest BCUT2D eigenvalue weighted by Crippen LogP contribution is 2.28. The fraction of sp³-hybridized carbons (Fsp3) is 0.261. The second-order valence-electron chi connectivity index (χ2n) is 8.05. The van der Waals surface area contributed by atoms with Gasteiger partial charge >= 0.3 is 6.01 Å². The topological polar surface area (TPSA) is 109 Å². The van der Waals surface area contributed by atoms with E-state index in [0.717, 1.165) is 0 Å². The van der Waals surface area contributed by atoms with Gasteiger partial charge in [-0.25, -0.2) is 9.37 Å². The summed E-state index contributed by atoms with van der Waals surface area (Å²) in [5, 5.41) is 6.76. The Morgan fingerprint density at radius 3 is 2.71 bits per heavy atom. The zero-order valence-electron chi connectivity index (χ0n) is 18.7. The van der Waals surface area contributed by atoms with E-state index in [-0.39, 0.29) is 17.3 Å². The Bertz CT molecular complexity index is 1390.